The summed E-state index contributed by atoms with van der Waals surface area (Å²) in [6, 6.07) is 10.2. The lowest BCUT2D eigenvalue weighted by atomic mass is 10.1. The zero-order valence-electron chi connectivity index (χ0n) is 13.0. The Hall–Kier alpha value is -1.72. The molecule has 0 radical (unpaired) electrons. The maximum absolute atomic E-state index is 9.50. The fourth-order valence-electron chi connectivity index (χ4n) is 2.06. The van der Waals surface area contributed by atoms with Crippen molar-refractivity contribution in [1.82, 2.24) is 20.3 Å². The van der Waals surface area contributed by atoms with Gasteiger partial charge in [0.05, 0.1) is 24.0 Å². The number of aromatic nitrogens is 3. The Balaban J connectivity index is 1.90. The Bertz CT molecular complexity index is 545. The first-order valence-electron chi connectivity index (χ1n) is 7.29. The molecule has 0 amide bonds. The van der Waals surface area contributed by atoms with E-state index in [1.54, 1.807) is 0 Å². The molecule has 2 rings (SSSR count). The lowest BCUT2D eigenvalue weighted by molar-refractivity contribution is 0.240. The molecule has 2 aromatic rings. The summed E-state index contributed by atoms with van der Waals surface area (Å²) in [4.78, 5) is 0. The van der Waals surface area contributed by atoms with E-state index < -0.39 is 0 Å². The minimum Gasteiger partial charge on any atom is -0.395 e. The van der Waals surface area contributed by atoms with Crippen LogP contribution in [0.25, 0.3) is 0 Å². The minimum absolute atomic E-state index is 0.0205. The summed E-state index contributed by atoms with van der Waals surface area (Å²) in [5.74, 6) is 0. The molecule has 1 atom stereocenters. The van der Waals surface area contributed by atoms with Gasteiger partial charge in [0, 0.05) is 12.6 Å². The van der Waals surface area contributed by atoms with Crippen molar-refractivity contribution in [2.75, 3.05) is 6.61 Å². The van der Waals surface area contributed by atoms with Crippen molar-refractivity contribution in [3.63, 3.8) is 0 Å². The van der Waals surface area contributed by atoms with Crippen molar-refractivity contribution in [3.05, 3.63) is 47.8 Å². The van der Waals surface area contributed by atoms with Crippen molar-refractivity contribution in [3.8, 4) is 0 Å². The van der Waals surface area contributed by atoms with E-state index in [1.807, 2.05) is 29.1 Å². The first kappa shape index (κ1) is 15.7. The molecule has 0 bridgehead atoms. The van der Waals surface area contributed by atoms with Gasteiger partial charge in [0.2, 0.25) is 0 Å². The maximum atomic E-state index is 9.50. The fourth-order valence-corrected chi connectivity index (χ4v) is 2.06. The van der Waals surface area contributed by atoms with Gasteiger partial charge < -0.3 is 10.4 Å². The molecular formula is C16H24N4O. The maximum Gasteiger partial charge on any atom is 0.0965 e. The van der Waals surface area contributed by atoms with E-state index in [4.69, 9.17) is 0 Å². The van der Waals surface area contributed by atoms with E-state index in [0.29, 0.717) is 6.54 Å². The summed E-state index contributed by atoms with van der Waals surface area (Å²) >= 11 is 0. The van der Waals surface area contributed by atoms with Crippen LogP contribution in [-0.2, 0) is 18.5 Å². The SMILES string of the molecule is CC(C)(C)n1cc(CN[C@H](CO)Cc2ccccc2)nn1. The molecule has 0 aliphatic carbocycles. The molecule has 0 fully saturated rings. The van der Waals surface area contributed by atoms with Crippen LogP contribution in [0, 0.1) is 0 Å². The number of nitrogens with zero attached hydrogens (tertiary/aromatic N) is 3. The van der Waals surface area contributed by atoms with Gasteiger partial charge in [0.15, 0.2) is 0 Å². The van der Waals surface area contributed by atoms with Crippen molar-refractivity contribution >= 4 is 0 Å². The van der Waals surface area contributed by atoms with Crippen molar-refractivity contribution < 1.29 is 5.11 Å². The van der Waals surface area contributed by atoms with Gasteiger partial charge in [-0.1, -0.05) is 35.5 Å². The molecular weight excluding hydrogens is 264 g/mol. The Morgan fingerprint density at radius 1 is 1.24 bits per heavy atom. The van der Waals surface area contributed by atoms with E-state index in [-0.39, 0.29) is 18.2 Å². The quantitative estimate of drug-likeness (QED) is 0.849. The number of aliphatic hydroxyl groups is 1. The smallest absolute Gasteiger partial charge is 0.0965 e. The van der Waals surface area contributed by atoms with Gasteiger partial charge in [-0.05, 0) is 32.8 Å². The molecule has 5 nitrogen and oxygen atoms in total. The molecule has 2 N–H and O–H groups in total. The second-order valence-corrected chi connectivity index (χ2v) is 6.28. The third kappa shape index (κ3) is 4.65. The monoisotopic (exact) mass is 288 g/mol. The Morgan fingerprint density at radius 3 is 2.52 bits per heavy atom. The number of hydrogen-bond acceptors (Lipinski definition) is 4. The topological polar surface area (TPSA) is 63.0 Å². The van der Waals surface area contributed by atoms with Gasteiger partial charge in [-0.15, -0.1) is 5.10 Å². The van der Waals surface area contributed by atoms with E-state index in [2.05, 4.69) is 48.5 Å². The summed E-state index contributed by atoms with van der Waals surface area (Å²) in [5, 5.41) is 21.1. The van der Waals surface area contributed by atoms with Gasteiger partial charge >= 0.3 is 0 Å². The summed E-state index contributed by atoms with van der Waals surface area (Å²) in [6.07, 6.45) is 2.74. The van der Waals surface area contributed by atoms with Crippen LogP contribution in [0.2, 0.25) is 0 Å². The van der Waals surface area contributed by atoms with Crippen LogP contribution in [0.3, 0.4) is 0 Å². The highest BCUT2D eigenvalue weighted by Crippen LogP contribution is 2.11. The first-order chi connectivity index (χ1) is 9.99. The molecule has 1 aromatic heterocycles. The highest BCUT2D eigenvalue weighted by molar-refractivity contribution is 5.16. The zero-order valence-corrected chi connectivity index (χ0v) is 13.0. The molecule has 0 saturated carbocycles. The van der Waals surface area contributed by atoms with Crippen LogP contribution < -0.4 is 5.32 Å². The van der Waals surface area contributed by atoms with Crippen LogP contribution in [0.1, 0.15) is 32.0 Å². The number of benzene rings is 1. The van der Waals surface area contributed by atoms with Gasteiger partial charge in [0.25, 0.3) is 0 Å². The molecule has 114 valence electrons. The second-order valence-electron chi connectivity index (χ2n) is 6.28. The summed E-state index contributed by atoms with van der Waals surface area (Å²) in [7, 11) is 0. The van der Waals surface area contributed by atoms with Gasteiger partial charge in [-0.25, -0.2) is 4.68 Å². The number of rotatable bonds is 6. The van der Waals surface area contributed by atoms with Crippen LogP contribution in [0.5, 0.6) is 0 Å². The predicted molar refractivity (Wildman–Crippen MR) is 82.9 cm³/mol. The molecule has 0 aliphatic rings. The molecule has 5 heteroatoms. The summed E-state index contributed by atoms with van der Waals surface area (Å²) in [5.41, 5.74) is 2.03. The van der Waals surface area contributed by atoms with Crippen LogP contribution >= 0.6 is 0 Å². The average molecular weight is 288 g/mol. The van der Waals surface area contributed by atoms with E-state index in [9.17, 15) is 5.11 Å². The molecule has 1 aromatic carbocycles. The largest absolute Gasteiger partial charge is 0.395 e. The Morgan fingerprint density at radius 2 is 1.95 bits per heavy atom. The fraction of sp³-hybridized carbons (Fsp3) is 0.500. The lowest BCUT2D eigenvalue weighted by Gasteiger charge is -2.17. The van der Waals surface area contributed by atoms with Gasteiger partial charge in [-0.3, -0.25) is 0 Å². The third-order valence-electron chi connectivity index (χ3n) is 3.35. The summed E-state index contributed by atoms with van der Waals surface area (Å²) < 4.78 is 1.86. The normalized spacial score (nSPS) is 13.3. The zero-order chi connectivity index (χ0) is 15.3. The van der Waals surface area contributed by atoms with E-state index >= 15 is 0 Å². The van der Waals surface area contributed by atoms with Gasteiger partial charge in [0.1, 0.15) is 0 Å². The molecule has 0 unspecified atom stereocenters. The van der Waals surface area contributed by atoms with Crippen LogP contribution in [0.15, 0.2) is 36.5 Å². The summed E-state index contributed by atoms with van der Waals surface area (Å²) in [6.45, 7) is 6.97. The van der Waals surface area contributed by atoms with Crippen LogP contribution in [-0.4, -0.2) is 32.7 Å². The lowest BCUT2D eigenvalue weighted by Crippen LogP contribution is -2.34. The molecule has 0 aliphatic heterocycles. The molecule has 0 spiro atoms. The third-order valence-corrected chi connectivity index (χ3v) is 3.35. The number of nitrogens with one attached hydrogen (secondary N) is 1. The minimum atomic E-state index is -0.0638. The van der Waals surface area contributed by atoms with E-state index in [1.165, 1.54) is 5.56 Å². The standard InChI is InChI=1S/C16H24N4O/c1-16(2,3)20-11-15(18-19-20)10-17-14(12-21)9-13-7-5-4-6-8-13/h4-8,11,14,17,21H,9-10,12H2,1-3H3/t14-/m0/s1. The van der Waals surface area contributed by atoms with Crippen molar-refractivity contribution in [1.29, 1.82) is 0 Å². The average Bonchev–Trinajstić information content (AvgIpc) is 2.93. The molecule has 0 saturated heterocycles. The number of aliphatic hydroxyl groups excluding tert-OH is 1. The van der Waals surface area contributed by atoms with Crippen molar-refractivity contribution in [2.45, 2.75) is 45.3 Å². The van der Waals surface area contributed by atoms with Gasteiger partial charge in [-0.2, -0.15) is 0 Å². The number of hydrogen-bond donors (Lipinski definition) is 2. The highest BCUT2D eigenvalue weighted by atomic mass is 16.3. The Kier molecular flexibility index (Phi) is 5.09. The second kappa shape index (κ2) is 6.83. The molecule has 1 heterocycles. The van der Waals surface area contributed by atoms with E-state index in [0.717, 1.165) is 12.1 Å². The highest BCUT2D eigenvalue weighted by Gasteiger charge is 2.15. The van der Waals surface area contributed by atoms with Crippen molar-refractivity contribution in [2.24, 2.45) is 0 Å². The first-order valence-corrected chi connectivity index (χ1v) is 7.29. The predicted octanol–water partition coefficient (Wildman–Crippen LogP) is 1.73. The molecule has 21 heavy (non-hydrogen) atoms. The van der Waals surface area contributed by atoms with Crippen LogP contribution in [0.4, 0.5) is 0 Å². The Labute approximate surface area is 126 Å².